The fourth-order valence-corrected chi connectivity index (χ4v) is 3.04. The molecule has 1 heterocycles. The van der Waals surface area contributed by atoms with Crippen molar-refractivity contribution in [2.45, 2.75) is 37.5 Å². The molecule has 0 saturated carbocycles. The first-order valence-electron chi connectivity index (χ1n) is 6.90. The van der Waals surface area contributed by atoms with Crippen molar-refractivity contribution >= 4 is 15.7 Å². The molecule has 3 N–H and O–H groups in total. The number of rotatable bonds is 4. The highest BCUT2D eigenvalue weighted by Crippen LogP contribution is 2.27. The summed E-state index contributed by atoms with van der Waals surface area (Å²) in [5.41, 5.74) is 1.53. The van der Waals surface area contributed by atoms with Gasteiger partial charge in [-0.25, -0.2) is 8.42 Å². The van der Waals surface area contributed by atoms with Crippen LogP contribution in [0, 0.1) is 0 Å². The van der Waals surface area contributed by atoms with Gasteiger partial charge >= 0.3 is 0 Å². The van der Waals surface area contributed by atoms with E-state index in [9.17, 15) is 13.5 Å². The minimum absolute atomic E-state index is 0.0553. The van der Waals surface area contributed by atoms with Crippen molar-refractivity contribution in [3.05, 3.63) is 29.8 Å². The maximum atomic E-state index is 11.9. The smallest absolute Gasteiger partial charge is 0.235 e. The van der Waals surface area contributed by atoms with Gasteiger partial charge in [-0.2, -0.15) is 0 Å². The lowest BCUT2D eigenvalue weighted by atomic mass is 9.88. The van der Waals surface area contributed by atoms with E-state index in [-0.39, 0.29) is 5.92 Å². The molecule has 0 radical (unpaired) electrons. The van der Waals surface area contributed by atoms with Crippen molar-refractivity contribution in [2.75, 3.05) is 17.8 Å². The highest BCUT2D eigenvalue weighted by Gasteiger charge is 2.25. The van der Waals surface area contributed by atoms with E-state index in [1.54, 1.807) is 19.9 Å². The second kappa shape index (κ2) is 6.11. The normalized spacial score (nSPS) is 23.8. The van der Waals surface area contributed by atoms with Crippen LogP contribution in [0.15, 0.2) is 24.3 Å². The van der Waals surface area contributed by atoms with Gasteiger partial charge < -0.3 is 10.4 Å². The topological polar surface area (TPSA) is 78.4 Å². The molecule has 20 heavy (non-hydrogen) atoms. The number of hydrogen-bond acceptors (Lipinski definition) is 4. The van der Waals surface area contributed by atoms with E-state index in [1.807, 2.05) is 18.2 Å². The molecule has 0 bridgehead atoms. The summed E-state index contributed by atoms with van der Waals surface area (Å²) in [6, 6.07) is 7.31. The number of sulfonamides is 1. The van der Waals surface area contributed by atoms with E-state index in [0.717, 1.165) is 18.5 Å². The Balaban J connectivity index is 2.20. The number of anilines is 1. The first-order valence-corrected chi connectivity index (χ1v) is 8.45. The van der Waals surface area contributed by atoms with Gasteiger partial charge in [0.15, 0.2) is 0 Å². The maximum absolute atomic E-state index is 11.9. The number of aliphatic hydroxyl groups is 1. The Labute approximate surface area is 120 Å². The van der Waals surface area contributed by atoms with Crippen LogP contribution in [0.5, 0.6) is 0 Å². The molecule has 2 rings (SSSR count). The fourth-order valence-electron chi connectivity index (χ4n) is 2.35. The monoisotopic (exact) mass is 298 g/mol. The third-order valence-electron chi connectivity index (χ3n) is 3.65. The van der Waals surface area contributed by atoms with E-state index < -0.39 is 21.4 Å². The van der Waals surface area contributed by atoms with Crippen LogP contribution in [0.1, 0.15) is 31.7 Å². The summed E-state index contributed by atoms with van der Waals surface area (Å²) >= 11 is 0. The summed E-state index contributed by atoms with van der Waals surface area (Å²) in [6.45, 7) is 4.72. The van der Waals surface area contributed by atoms with Gasteiger partial charge in [0.2, 0.25) is 10.0 Å². The van der Waals surface area contributed by atoms with E-state index in [4.69, 9.17) is 0 Å². The molecule has 5 nitrogen and oxygen atoms in total. The summed E-state index contributed by atoms with van der Waals surface area (Å²) < 4.78 is 26.3. The SMILES string of the molecule is CC(C)S(=O)(=O)Nc1cccc([C@@H]2CCNC[C@@H]2O)c1. The number of nitrogens with one attached hydrogen (secondary N) is 2. The Kier molecular flexibility index (Phi) is 4.67. The van der Waals surface area contributed by atoms with Gasteiger partial charge in [-0.1, -0.05) is 12.1 Å². The minimum Gasteiger partial charge on any atom is -0.391 e. The van der Waals surface area contributed by atoms with E-state index in [0.29, 0.717) is 12.2 Å². The molecule has 1 aliphatic heterocycles. The molecule has 1 fully saturated rings. The Morgan fingerprint density at radius 3 is 2.80 bits per heavy atom. The average Bonchev–Trinajstić information content (AvgIpc) is 2.39. The third kappa shape index (κ3) is 3.50. The lowest BCUT2D eigenvalue weighted by Crippen LogP contribution is -2.39. The highest BCUT2D eigenvalue weighted by molar-refractivity contribution is 7.93. The molecule has 1 saturated heterocycles. The van der Waals surface area contributed by atoms with Crippen LogP contribution in [-0.2, 0) is 10.0 Å². The number of aliphatic hydroxyl groups excluding tert-OH is 1. The summed E-state index contributed by atoms with van der Waals surface area (Å²) in [4.78, 5) is 0. The molecular formula is C14H22N2O3S. The summed E-state index contributed by atoms with van der Waals surface area (Å²) in [5, 5.41) is 12.7. The Morgan fingerprint density at radius 2 is 2.15 bits per heavy atom. The van der Waals surface area contributed by atoms with Crippen LogP contribution < -0.4 is 10.0 Å². The van der Waals surface area contributed by atoms with E-state index >= 15 is 0 Å². The van der Waals surface area contributed by atoms with Crippen molar-refractivity contribution in [1.82, 2.24) is 5.32 Å². The number of piperidine rings is 1. The average molecular weight is 298 g/mol. The van der Waals surface area contributed by atoms with Crippen molar-refractivity contribution in [1.29, 1.82) is 0 Å². The third-order valence-corrected chi connectivity index (χ3v) is 5.41. The first-order chi connectivity index (χ1) is 9.40. The van der Waals surface area contributed by atoms with Gasteiger partial charge in [-0.15, -0.1) is 0 Å². The molecule has 2 atom stereocenters. The number of hydrogen-bond donors (Lipinski definition) is 3. The predicted octanol–water partition coefficient (Wildman–Crippen LogP) is 1.27. The van der Waals surface area contributed by atoms with Crippen LogP contribution in [0.4, 0.5) is 5.69 Å². The van der Waals surface area contributed by atoms with Gasteiger partial charge in [0.05, 0.1) is 11.4 Å². The van der Waals surface area contributed by atoms with E-state index in [2.05, 4.69) is 10.0 Å². The Bertz CT molecular complexity index is 557. The maximum Gasteiger partial charge on any atom is 0.235 e. The lowest BCUT2D eigenvalue weighted by Gasteiger charge is -2.29. The molecule has 6 heteroatoms. The first kappa shape index (κ1) is 15.3. The van der Waals surface area contributed by atoms with Crippen LogP contribution in [0.2, 0.25) is 0 Å². The van der Waals surface area contributed by atoms with Crippen molar-refractivity contribution in [2.24, 2.45) is 0 Å². The molecule has 1 aliphatic rings. The molecule has 1 aromatic rings. The van der Waals surface area contributed by atoms with Crippen LogP contribution in [0.25, 0.3) is 0 Å². The van der Waals surface area contributed by atoms with Crippen molar-refractivity contribution < 1.29 is 13.5 Å². The number of benzene rings is 1. The van der Waals surface area contributed by atoms with Crippen LogP contribution >= 0.6 is 0 Å². The predicted molar refractivity (Wildman–Crippen MR) is 80.4 cm³/mol. The van der Waals surface area contributed by atoms with Gasteiger partial charge in [-0.05, 0) is 44.5 Å². The van der Waals surface area contributed by atoms with Gasteiger partial charge in [0.1, 0.15) is 0 Å². The lowest BCUT2D eigenvalue weighted by molar-refractivity contribution is 0.118. The Hall–Kier alpha value is -1.11. The Morgan fingerprint density at radius 1 is 1.40 bits per heavy atom. The van der Waals surface area contributed by atoms with E-state index in [1.165, 1.54) is 0 Å². The fraction of sp³-hybridized carbons (Fsp3) is 0.571. The summed E-state index contributed by atoms with van der Waals surface area (Å²) in [5.74, 6) is 0.0553. The van der Waals surface area contributed by atoms with Gasteiger partial charge in [0, 0.05) is 18.2 Å². The largest absolute Gasteiger partial charge is 0.391 e. The second-order valence-corrected chi connectivity index (χ2v) is 7.72. The molecular weight excluding hydrogens is 276 g/mol. The minimum atomic E-state index is -3.34. The van der Waals surface area contributed by atoms with Crippen molar-refractivity contribution in [3.63, 3.8) is 0 Å². The molecule has 112 valence electrons. The van der Waals surface area contributed by atoms with Crippen LogP contribution in [-0.4, -0.2) is 38.0 Å². The standard InChI is InChI=1S/C14H22N2O3S/c1-10(2)20(18,19)16-12-5-3-4-11(8-12)13-6-7-15-9-14(13)17/h3-5,8,10,13-17H,6-7,9H2,1-2H3/t13-,14-/m0/s1. The molecule has 0 amide bonds. The molecule has 0 spiro atoms. The highest BCUT2D eigenvalue weighted by atomic mass is 32.2. The summed E-state index contributed by atoms with van der Waals surface area (Å²) in [6.07, 6.45) is 0.419. The van der Waals surface area contributed by atoms with Gasteiger partial charge in [-0.3, -0.25) is 4.72 Å². The second-order valence-electron chi connectivity index (χ2n) is 5.49. The van der Waals surface area contributed by atoms with Gasteiger partial charge in [0.25, 0.3) is 0 Å². The quantitative estimate of drug-likeness (QED) is 0.782. The number of β-amino-alcohol motifs (C(OH)–C–C–N with tert-alkyl or cyclic N) is 1. The zero-order chi connectivity index (χ0) is 14.8. The zero-order valence-electron chi connectivity index (χ0n) is 11.8. The van der Waals surface area contributed by atoms with Crippen molar-refractivity contribution in [3.8, 4) is 0 Å². The van der Waals surface area contributed by atoms with Crippen LogP contribution in [0.3, 0.4) is 0 Å². The summed E-state index contributed by atoms with van der Waals surface area (Å²) in [7, 11) is -3.34. The zero-order valence-corrected chi connectivity index (χ0v) is 12.7. The molecule has 0 aliphatic carbocycles. The molecule has 0 aromatic heterocycles. The molecule has 0 unspecified atom stereocenters. The molecule has 1 aromatic carbocycles.